The number of anilines is 1. The normalized spacial score (nSPS) is 11.7. The van der Waals surface area contributed by atoms with E-state index in [2.05, 4.69) is 15.0 Å². The van der Waals surface area contributed by atoms with E-state index in [0.717, 1.165) is 12.8 Å². The number of rotatable bonds is 6. The number of carboxylic acids is 1. The number of hydrogen-bond donors (Lipinski definition) is 1. The number of unbranched alkanes of at least 4 members (excludes halogenated alkanes) is 1. The molecule has 0 aliphatic carbocycles. The van der Waals surface area contributed by atoms with E-state index >= 15 is 0 Å². The second kappa shape index (κ2) is 8.11. The van der Waals surface area contributed by atoms with E-state index in [4.69, 9.17) is 10.2 Å². The first-order valence-corrected chi connectivity index (χ1v) is 6.38. The van der Waals surface area contributed by atoms with Crippen molar-refractivity contribution in [2.75, 3.05) is 5.73 Å². The molecule has 2 N–H and O–H groups in total. The van der Waals surface area contributed by atoms with Crippen LogP contribution in [0.15, 0.2) is 22.8 Å². The maximum absolute atomic E-state index is 11.2. The van der Waals surface area contributed by atoms with Gasteiger partial charge in [0.15, 0.2) is 5.76 Å². The summed E-state index contributed by atoms with van der Waals surface area (Å²) in [5.74, 6) is -1.40. The molecule has 7 nitrogen and oxygen atoms in total. The van der Waals surface area contributed by atoms with E-state index in [1.165, 1.54) is 6.26 Å². The first-order valence-electron chi connectivity index (χ1n) is 6.38. The Hall–Kier alpha value is -1.44. The van der Waals surface area contributed by atoms with Crippen molar-refractivity contribution in [2.45, 2.75) is 32.1 Å². The van der Waals surface area contributed by atoms with E-state index < -0.39 is 11.9 Å². The van der Waals surface area contributed by atoms with Gasteiger partial charge in [-0.3, -0.25) is 0 Å². The summed E-state index contributed by atoms with van der Waals surface area (Å²) in [5.41, 5.74) is 5.61. The minimum Gasteiger partial charge on any atom is -0.549 e. The van der Waals surface area contributed by atoms with Gasteiger partial charge in [-0.25, -0.2) is 4.98 Å². The van der Waals surface area contributed by atoms with Gasteiger partial charge in [-0.1, -0.05) is 19.8 Å². The second-order valence-corrected chi connectivity index (χ2v) is 4.37. The first kappa shape index (κ1) is 17.6. The fourth-order valence-corrected chi connectivity index (χ4v) is 1.84. The Kier molecular flexibility index (Phi) is 6.80. The van der Waals surface area contributed by atoms with Crippen molar-refractivity contribution in [3.05, 3.63) is 24.2 Å². The molecule has 2 aromatic heterocycles. The van der Waals surface area contributed by atoms with Crippen molar-refractivity contribution in [2.24, 2.45) is 0 Å². The SMILES string of the molecule is CCCCC(C(=O)[O-])c1nc(N)nc(-c2ccco2)n1.[Na+]. The summed E-state index contributed by atoms with van der Waals surface area (Å²) in [6.45, 7) is 1.97. The van der Waals surface area contributed by atoms with Crippen LogP contribution in [0.3, 0.4) is 0 Å². The standard InChI is InChI=1S/C13H16N4O3.Na/c1-2-3-5-8(12(18)19)10-15-11(17-13(14)16-10)9-6-4-7-20-9;/h4,6-8H,2-3,5H2,1H3,(H,18,19)(H2,14,15,16,17);/q;+1/p-1. The molecule has 0 aromatic carbocycles. The summed E-state index contributed by atoms with van der Waals surface area (Å²) in [7, 11) is 0. The zero-order valence-electron chi connectivity index (χ0n) is 12.1. The Bertz CT molecular complexity index is 589. The van der Waals surface area contributed by atoms with Crippen LogP contribution in [-0.4, -0.2) is 20.9 Å². The van der Waals surface area contributed by atoms with Crippen LogP contribution in [0.5, 0.6) is 0 Å². The van der Waals surface area contributed by atoms with Crippen LogP contribution in [0.1, 0.15) is 37.9 Å². The predicted molar refractivity (Wildman–Crippen MR) is 69.2 cm³/mol. The molecule has 0 aliphatic heterocycles. The van der Waals surface area contributed by atoms with Gasteiger partial charge in [0.2, 0.25) is 11.8 Å². The zero-order valence-corrected chi connectivity index (χ0v) is 14.1. The van der Waals surface area contributed by atoms with Crippen molar-refractivity contribution >= 4 is 11.9 Å². The first-order chi connectivity index (χ1) is 9.61. The molecule has 0 amide bonds. The number of furan rings is 1. The summed E-state index contributed by atoms with van der Waals surface area (Å²) >= 11 is 0. The molecule has 0 radical (unpaired) electrons. The molecule has 1 atom stereocenters. The smallest absolute Gasteiger partial charge is 0.549 e. The average molecular weight is 298 g/mol. The number of nitrogens with two attached hydrogens (primary N) is 1. The quantitative estimate of drug-likeness (QED) is 0.598. The molecule has 0 saturated heterocycles. The molecule has 8 heteroatoms. The van der Waals surface area contributed by atoms with Gasteiger partial charge in [0.05, 0.1) is 18.2 Å². The third-order valence-electron chi connectivity index (χ3n) is 2.85. The molecule has 21 heavy (non-hydrogen) atoms. The van der Waals surface area contributed by atoms with E-state index in [0.29, 0.717) is 12.2 Å². The summed E-state index contributed by atoms with van der Waals surface area (Å²) in [5, 5.41) is 11.2. The molecule has 0 fully saturated rings. The van der Waals surface area contributed by atoms with Crippen LogP contribution >= 0.6 is 0 Å². The van der Waals surface area contributed by atoms with Gasteiger partial charge in [0.25, 0.3) is 0 Å². The number of aromatic nitrogens is 3. The van der Waals surface area contributed by atoms with E-state index in [1.807, 2.05) is 6.92 Å². The maximum atomic E-state index is 11.2. The zero-order chi connectivity index (χ0) is 14.5. The number of hydrogen-bond acceptors (Lipinski definition) is 7. The molecule has 106 valence electrons. The summed E-state index contributed by atoms with van der Waals surface area (Å²) in [6.07, 6.45) is 3.48. The van der Waals surface area contributed by atoms with Gasteiger partial charge in [0, 0.05) is 0 Å². The largest absolute Gasteiger partial charge is 1.00 e. The van der Waals surface area contributed by atoms with Crippen molar-refractivity contribution < 1.29 is 43.9 Å². The number of carbonyl (C=O) groups excluding carboxylic acids is 1. The molecule has 2 aromatic rings. The van der Waals surface area contributed by atoms with Gasteiger partial charge in [-0.15, -0.1) is 0 Å². The Morgan fingerprint density at radius 3 is 2.76 bits per heavy atom. The van der Waals surface area contributed by atoms with Crippen LogP contribution in [0, 0.1) is 0 Å². The molecule has 1 unspecified atom stereocenters. The Morgan fingerprint density at radius 2 is 2.19 bits per heavy atom. The molecule has 2 heterocycles. The third-order valence-corrected chi connectivity index (χ3v) is 2.85. The van der Waals surface area contributed by atoms with Gasteiger partial charge in [0.1, 0.15) is 5.82 Å². The van der Waals surface area contributed by atoms with Gasteiger partial charge in [-0.05, 0) is 18.6 Å². The summed E-state index contributed by atoms with van der Waals surface area (Å²) in [4.78, 5) is 23.2. The van der Waals surface area contributed by atoms with Gasteiger partial charge in [-0.2, -0.15) is 9.97 Å². The molecule has 0 saturated carbocycles. The molecule has 0 bridgehead atoms. The minimum absolute atomic E-state index is 0. The number of nitrogen functional groups attached to an aromatic ring is 1. The van der Waals surface area contributed by atoms with Crippen LogP contribution in [0.2, 0.25) is 0 Å². The Balaban J connectivity index is 0.00000220. The van der Waals surface area contributed by atoms with Gasteiger partial charge >= 0.3 is 29.6 Å². The molecule has 0 spiro atoms. The molecular weight excluding hydrogens is 283 g/mol. The van der Waals surface area contributed by atoms with Crippen molar-refractivity contribution in [3.63, 3.8) is 0 Å². The minimum atomic E-state index is -1.21. The molecule has 0 aliphatic rings. The van der Waals surface area contributed by atoms with E-state index in [-0.39, 0.29) is 47.2 Å². The Labute approximate surface area is 144 Å². The maximum Gasteiger partial charge on any atom is 1.00 e. The predicted octanol–water partition coefficient (Wildman–Crippen LogP) is -2.26. The monoisotopic (exact) mass is 298 g/mol. The fourth-order valence-electron chi connectivity index (χ4n) is 1.84. The van der Waals surface area contributed by atoms with Crippen LogP contribution in [0.25, 0.3) is 11.6 Å². The third kappa shape index (κ3) is 4.52. The number of carboxylic acid groups (broad SMARTS) is 1. The van der Waals surface area contributed by atoms with Crippen LogP contribution < -0.4 is 40.4 Å². The number of carbonyl (C=O) groups is 1. The number of aliphatic carboxylic acids is 1. The molecular formula is C13H15N4NaO3. The summed E-state index contributed by atoms with van der Waals surface area (Å²) in [6, 6.07) is 3.35. The van der Waals surface area contributed by atoms with Crippen LogP contribution in [-0.2, 0) is 4.79 Å². The summed E-state index contributed by atoms with van der Waals surface area (Å²) < 4.78 is 5.18. The van der Waals surface area contributed by atoms with Crippen LogP contribution in [0.4, 0.5) is 5.95 Å². The average Bonchev–Trinajstić information content (AvgIpc) is 2.92. The Morgan fingerprint density at radius 1 is 1.43 bits per heavy atom. The van der Waals surface area contributed by atoms with E-state index in [9.17, 15) is 9.90 Å². The molecule has 2 rings (SSSR count). The van der Waals surface area contributed by atoms with E-state index in [1.54, 1.807) is 12.1 Å². The van der Waals surface area contributed by atoms with Crippen molar-refractivity contribution in [1.82, 2.24) is 15.0 Å². The van der Waals surface area contributed by atoms with Gasteiger partial charge < -0.3 is 20.1 Å². The van der Waals surface area contributed by atoms with Crippen molar-refractivity contribution in [3.8, 4) is 11.6 Å². The fraction of sp³-hybridized carbons (Fsp3) is 0.385. The topological polar surface area (TPSA) is 118 Å². The second-order valence-electron chi connectivity index (χ2n) is 4.37. The van der Waals surface area contributed by atoms with Crippen molar-refractivity contribution in [1.29, 1.82) is 0 Å². The number of nitrogens with zero attached hydrogens (tertiary/aromatic N) is 3.